The Balaban J connectivity index is 1.63. The highest BCUT2D eigenvalue weighted by Crippen LogP contribution is 2.51. The zero-order valence-electron chi connectivity index (χ0n) is 20.4. The number of hydrogen-bond donors (Lipinski definition) is 6. The Bertz CT molecular complexity index is 1330. The molecule has 6 atom stereocenters. The minimum absolute atomic E-state index is 0.0125. The molecular formula is C26H28N2O10. The molecule has 2 aromatic rings. The number of aliphatic hydroxyl groups is 2. The fourth-order valence-electron chi connectivity index (χ4n) is 5.55. The van der Waals surface area contributed by atoms with E-state index in [9.17, 15) is 34.8 Å². The Hall–Kier alpha value is -3.55. The molecule has 5 rings (SSSR count). The van der Waals surface area contributed by atoms with Crippen molar-refractivity contribution < 1.29 is 49.0 Å². The lowest BCUT2D eigenvalue weighted by Gasteiger charge is -2.42. The van der Waals surface area contributed by atoms with E-state index >= 15 is 0 Å². The number of hydrogen-bond acceptors (Lipinski definition) is 11. The number of rotatable bonds is 4. The quantitative estimate of drug-likeness (QED) is 0.257. The third-order valence-corrected chi connectivity index (χ3v) is 7.40. The highest BCUT2D eigenvalue weighted by molar-refractivity contribution is 6.30. The van der Waals surface area contributed by atoms with Crippen LogP contribution in [0.2, 0.25) is 0 Å². The van der Waals surface area contributed by atoms with Gasteiger partial charge in [0, 0.05) is 47.6 Å². The first-order valence-corrected chi connectivity index (χ1v) is 12.1. The summed E-state index contributed by atoms with van der Waals surface area (Å²) in [5, 5.41) is 44.2. The average Bonchev–Trinajstić information content (AvgIpc) is 2.86. The number of nitrogens with two attached hydrogens (primary N) is 2. The number of ketones is 2. The van der Waals surface area contributed by atoms with Crippen molar-refractivity contribution in [2.45, 2.75) is 62.4 Å². The van der Waals surface area contributed by atoms with Gasteiger partial charge in [-0.15, -0.1) is 0 Å². The minimum atomic E-state index is -1.83. The predicted molar refractivity (Wildman–Crippen MR) is 129 cm³/mol. The van der Waals surface area contributed by atoms with Crippen LogP contribution in [0.15, 0.2) is 24.3 Å². The van der Waals surface area contributed by atoms with Gasteiger partial charge in [-0.2, -0.15) is 0 Å². The van der Waals surface area contributed by atoms with Crippen molar-refractivity contribution in [3.63, 3.8) is 0 Å². The number of carbonyl (C=O) groups is 3. The summed E-state index contributed by atoms with van der Waals surface area (Å²) in [6.07, 6.45) is -5.51. The van der Waals surface area contributed by atoms with Gasteiger partial charge >= 0.3 is 6.09 Å². The number of amides is 1. The van der Waals surface area contributed by atoms with Crippen LogP contribution in [0.3, 0.4) is 0 Å². The number of benzene rings is 2. The summed E-state index contributed by atoms with van der Waals surface area (Å²) < 4.78 is 16.6. The summed E-state index contributed by atoms with van der Waals surface area (Å²) in [6.45, 7) is 1.03. The largest absolute Gasteiger partial charge is 0.507 e. The van der Waals surface area contributed by atoms with Crippen LogP contribution in [-0.4, -0.2) is 74.8 Å². The molecule has 2 aromatic carbocycles. The van der Waals surface area contributed by atoms with Crippen LogP contribution < -0.4 is 11.5 Å². The van der Waals surface area contributed by atoms with Crippen molar-refractivity contribution >= 4 is 17.7 Å². The van der Waals surface area contributed by atoms with Gasteiger partial charge < -0.3 is 46.1 Å². The van der Waals surface area contributed by atoms with Gasteiger partial charge in [-0.25, -0.2) is 4.79 Å². The Morgan fingerprint density at radius 2 is 1.74 bits per heavy atom. The maximum absolute atomic E-state index is 13.4. The van der Waals surface area contributed by atoms with Crippen LogP contribution in [0.1, 0.15) is 68.8 Å². The topological polar surface area (TPSA) is 212 Å². The lowest BCUT2D eigenvalue weighted by Crippen LogP contribution is -2.52. The van der Waals surface area contributed by atoms with Crippen LogP contribution in [0.5, 0.6) is 11.5 Å². The van der Waals surface area contributed by atoms with Gasteiger partial charge in [0.15, 0.2) is 17.9 Å². The Morgan fingerprint density at radius 3 is 2.32 bits per heavy atom. The van der Waals surface area contributed by atoms with Crippen molar-refractivity contribution in [2.75, 3.05) is 6.61 Å². The first-order chi connectivity index (χ1) is 17.9. The van der Waals surface area contributed by atoms with Crippen molar-refractivity contribution in [1.82, 2.24) is 0 Å². The lowest BCUT2D eigenvalue weighted by molar-refractivity contribution is -0.248. The van der Waals surface area contributed by atoms with Gasteiger partial charge in [-0.3, -0.25) is 9.59 Å². The number of phenols is 2. The number of fused-ring (bicyclic) bond motifs is 3. The first-order valence-electron chi connectivity index (χ1n) is 12.1. The van der Waals surface area contributed by atoms with E-state index in [2.05, 4.69) is 0 Å². The SMILES string of the molecule is C[C@@H]1O[C@@H](O[C@H]2C[C@](O)(COC(N)=O)Cc3c(O)c4c(c(O)c32)C(=O)c2ccccc2C4=O)C[C@H](N)[C@H]1O. The summed E-state index contributed by atoms with van der Waals surface area (Å²) in [4.78, 5) is 38.0. The summed E-state index contributed by atoms with van der Waals surface area (Å²) >= 11 is 0. The van der Waals surface area contributed by atoms with Gasteiger partial charge in [-0.1, -0.05) is 24.3 Å². The second kappa shape index (κ2) is 9.33. The van der Waals surface area contributed by atoms with E-state index < -0.39 is 77.6 Å². The Morgan fingerprint density at radius 1 is 1.13 bits per heavy atom. The van der Waals surface area contributed by atoms with E-state index in [0.29, 0.717) is 0 Å². The molecule has 0 radical (unpaired) electrons. The number of phenolic OH excluding ortho intramolecular Hbond substituents is 2. The highest BCUT2D eigenvalue weighted by atomic mass is 16.7. The summed E-state index contributed by atoms with van der Waals surface area (Å²) in [6, 6.07) is 5.35. The molecule has 1 heterocycles. The predicted octanol–water partition coefficient (Wildman–Crippen LogP) is 0.527. The van der Waals surface area contributed by atoms with Crippen molar-refractivity contribution in [3.8, 4) is 11.5 Å². The van der Waals surface area contributed by atoms with Crippen molar-refractivity contribution in [2.24, 2.45) is 11.5 Å². The molecule has 3 aliphatic rings. The molecule has 38 heavy (non-hydrogen) atoms. The third-order valence-electron chi connectivity index (χ3n) is 7.40. The first kappa shape index (κ1) is 26.1. The molecule has 12 heteroatoms. The Kier molecular flexibility index (Phi) is 6.40. The fourth-order valence-corrected chi connectivity index (χ4v) is 5.55. The fraction of sp³-hybridized carbons (Fsp3) is 0.423. The molecule has 0 saturated carbocycles. The van der Waals surface area contributed by atoms with Gasteiger partial charge in [0.2, 0.25) is 0 Å². The second-order valence-electron chi connectivity index (χ2n) is 10.0. The van der Waals surface area contributed by atoms with Gasteiger partial charge in [0.05, 0.1) is 29.4 Å². The maximum atomic E-state index is 13.4. The molecule has 8 N–H and O–H groups in total. The summed E-state index contributed by atoms with van der Waals surface area (Å²) in [5.74, 6) is -2.50. The zero-order chi connectivity index (χ0) is 27.5. The smallest absolute Gasteiger partial charge is 0.404 e. The highest BCUT2D eigenvalue weighted by Gasteiger charge is 2.47. The second-order valence-corrected chi connectivity index (χ2v) is 10.0. The molecular weight excluding hydrogens is 500 g/mol. The molecule has 0 bridgehead atoms. The van der Waals surface area contributed by atoms with Gasteiger partial charge in [-0.05, 0) is 6.92 Å². The molecule has 1 saturated heterocycles. The van der Waals surface area contributed by atoms with E-state index in [1.807, 2.05) is 0 Å². The average molecular weight is 529 g/mol. The van der Waals surface area contributed by atoms with Crippen LogP contribution in [0.4, 0.5) is 4.79 Å². The summed E-state index contributed by atoms with van der Waals surface area (Å²) in [7, 11) is 0. The third kappa shape index (κ3) is 4.20. The molecule has 0 unspecified atom stereocenters. The molecule has 1 fully saturated rings. The molecule has 12 nitrogen and oxygen atoms in total. The molecule has 1 aliphatic heterocycles. The van der Waals surface area contributed by atoms with E-state index in [1.165, 1.54) is 12.1 Å². The number of carbonyl (C=O) groups excluding carboxylic acids is 3. The van der Waals surface area contributed by atoms with Crippen molar-refractivity contribution in [1.29, 1.82) is 0 Å². The number of aliphatic hydroxyl groups excluding tert-OH is 1. The molecule has 1 amide bonds. The normalized spacial score (nSPS) is 30.3. The number of primary amides is 1. The lowest BCUT2D eigenvalue weighted by atomic mass is 9.73. The van der Waals surface area contributed by atoms with E-state index in [4.69, 9.17) is 25.7 Å². The van der Waals surface area contributed by atoms with Crippen LogP contribution >= 0.6 is 0 Å². The molecule has 202 valence electrons. The van der Waals surface area contributed by atoms with Crippen molar-refractivity contribution in [3.05, 3.63) is 57.6 Å². The minimum Gasteiger partial charge on any atom is -0.507 e. The standard InChI is InChI=1S/C26H28N2O10/c1-10-20(29)14(27)6-16(37-10)38-15-8-26(35,9-36-25(28)34)7-13-17(15)24(33)19-18(23(13)32)21(30)11-4-2-3-5-12(11)22(19)31/h2-5,10,14-16,20,29,32-33,35H,6-9,27H2,1H3,(H2,28,34)/t10-,14-,15-,16-,20-,26-/m0/s1. The zero-order valence-corrected chi connectivity index (χ0v) is 20.4. The van der Waals surface area contributed by atoms with E-state index in [1.54, 1.807) is 19.1 Å². The van der Waals surface area contributed by atoms with E-state index in [-0.39, 0.29) is 47.1 Å². The summed E-state index contributed by atoms with van der Waals surface area (Å²) in [5.41, 5.74) is 8.57. The molecule has 0 spiro atoms. The number of ether oxygens (including phenoxy) is 3. The van der Waals surface area contributed by atoms with Crippen LogP contribution in [0.25, 0.3) is 0 Å². The van der Waals surface area contributed by atoms with Crippen LogP contribution in [-0.2, 0) is 20.6 Å². The van der Waals surface area contributed by atoms with Gasteiger partial charge in [0.1, 0.15) is 23.7 Å². The van der Waals surface area contributed by atoms with E-state index in [0.717, 1.165) is 0 Å². The monoisotopic (exact) mass is 528 g/mol. The number of aromatic hydroxyl groups is 2. The molecule has 2 aliphatic carbocycles. The Labute approximate surface area is 216 Å². The molecule has 0 aromatic heterocycles. The van der Waals surface area contributed by atoms with Gasteiger partial charge in [0.25, 0.3) is 0 Å². The maximum Gasteiger partial charge on any atom is 0.404 e. The van der Waals surface area contributed by atoms with Crippen LogP contribution in [0, 0.1) is 0 Å².